The number of nitrogens with zero attached hydrogens (tertiary/aromatic N) is 3. The summed E-state index contributed by atoms with van der Waals surface area (Å²) in [5.41, 5.74) is 0.324. The molecule has 0 saturated carbocycles. The predicted octanol–water partition coefficient (Wildman–Crippen LogP) is 2.56. The van der Waals surface area contributed by atoms with Crippen molar-refractivity contribution >= 4 is 27.8 Å². The second-order valence-corrected chi connectivity index (χ2v) is 5.22. The molecule has 21 heavy (non-hydrogen) atoms. The second kappa shape index (κ2) is 7.12. The molecule has 7 heteroatoms. The van der Waals surface area contributed by atoms with Crippen molar-refractivity contribution in [2.24, 2.45) is 0 Å². The zero-order valence-corrected chi connectivity index (χ0v) is 12.9. The van der Waals surface area contributed by atoms with E-state index in [1.807, 2.05) is 0 Å². The van der Waals surface area contributed by atoms with E-state index in [4.69, 9.17) is 4.74 Å². The molecule has 110 valence electrons. The average molecular weight is 354 g/mol. The highest BCUT2D eigenvalue weighted by molar-refractivity contribution is 9.10. The molecule has 1 heterocycles. The Kier molecular flexibility index (Phi) is 5.21. The first-order valence-corrected chi connectivity index (χ1v) is 6.93. The molecule has 1 aromatic heterocycles. The van der Waals surface area contributed by atoms with Crippen molar-refractivity contribution in [3.63, 3.8) is 0 Å². The lowest BCUT2D eigenvalue weighted by Crippen LogP contribution is -2.28. The van der Waals surface area contributed by atoms with Crippen LogP contribution in [0.25, 0.3) is 0 Å². The third kappa shape index (κ3) is 4.49. The minimum atomic E-state index is -0.479. The number of aromatic nitrogens is 2. The Morgan fingerprint density at radius 2 is 2.10 bits per heavy atom. The van der Waals surface area contributed by atoms with Gasteiger partial charge in [0, 0.05) is 29.5 Å². The van der Waals surface area contributed by atoms with Crippen LogP contribution in [0.4, 0.5) is 10.3 Å². The maximum absolute atomic E-state index is 13.6. The van der Waals surface area contributed by atoms with Crippen LogP contribution in [0.1, 0.15) is 5.56 Å². The van der Waals surface area contributed by atoms with Gasteiger partial charge in [-0.05, 0) is 18.2 Å². The fourth-order valence-electron chi connectivity index (χ4n) is 1.60. The number of halogens is 2. The SMILES string of the molecule is CN(CC(=O)OCc1ccc(Br)cc1F)c1ncccn1. The third-order valence-corrected chi connectivity index (χ3v) is 3.16. The van der Waals surface area contributed by atoms with Crippen molar-refractivity contribution in [1.82, 2.24) is 9.97 Å². The molecule has 0 unspecified atom stereocenters. The smallest absolute Gasteiger partial charge is 0.325 e. The number of carbonyl (C=O) groups excluding carboxylic acids is 1. The number of anilines is 1. The molecule has 0 aliphatic rings. The first-order valence-electron chi connectivity index (χ1n) is 6.14. The van der Waals surface area contributed by atoms with Crippen LogP contribution in [0.15, 0.2) is 41.1 Å². The Bertz CT molecular complexity index is 625. The zero-order valence-electron chi connectivity index (χ0n) is 11.3. The fourth-order valence-corrected chi connectivity index (χ4v) is 1.93. The van der Waals surface area contributed by atoms with E-state index in [2.05, 4.69) is 25.9 Å². The summed E-state index contributed by atoms with van der Waals surface area (Å²) in [4.78, 5) is 21.3. The molecule has 0 amide bonds. The lowest BCUT2D eigenvalue weighted by atomic mass is 10.2. The Morgan fingerprint density at radius 1 is 1.38 bits per heavy atom. The van der Waals surface area contributed by atoms with E-state index in [0.29, 0.717) is 16.0 Å². The molecular formula is C14H13BrFN3O2. The monoisotopic (exact) mass is 353 g/mol. The van der Waals surface area contributed by atoms with Crippen LogP contribution in [0, 0.1) is 5.82 Å². The topological polar surface area (TPSA) is 55.3 Å². The normalized spacial score (nSPS) is 10.2. The van der Waals surface area contributed by atoms with Gasteiger partial charge in [0.25, 0.3) is 0 Å². The fraction of sp³-hybridized carbons (Fsp3) is 0.214. The van der Waals surface area contributed by atoms with Gasteiger partial charge in [-0.3, -0.25) is 4.79 Å². The van der Waals surface area contributed by atoms with Crippen LogP contribution in [-0.2, 0) is 16.1 Å². The van der Waals surface area contributed by atoms with Crippen molar-refractivity contribution in [2.75, 3.05) is 18.5 Å². The molecule has 5 nitrogen and oxygen atoms in total. The third-order valence-electron chi connectivity index (χ3n) is 2.66. The zero-order chi connectivity index (χ0) is 15.2. The first-order chi connectivity index (χ1) is 10.1. The highest BCUT2D eigenvalue weighted by Gasteiger charge is 2.12. The van der Waals surface area contributed by atoms with Crippen LogP contribution in [0.2, 0.25) is 0 Å². The number of rotatable bonds is 5. The minimum absolute atomic E-state index is 0.0117. The van der Waals surface area contributed by atoms with Gasteiger partial charge in [-0.1, -0.05) is 22.0 Å². The van der Waals surface area contributed by atoms with Crippen LogP contribution < -0.4 is 4.90 Å². The first kappa shape index (κ1) is 15.4. The van der Waals surface area contributed by atoms with Crippen LogP contribution in [-0.4, -0.2) is 29.5 Å². The molecule has 0 spiro atoms. The van der Waals surface area contributed by atoms with Gasteiger partial charge in [-0.15, -0.1) is 0 Å². The highest BCUT2D eigenvalue weighted by atomic mass is 79.9. The van der Waals surface area contributed by atoms with Gasteiger partial charge >= 0.3 is 5.97 Å². The van der Waals surface area contributed by atoms with Gasteiger partial charge in [0.05, 0.1) is 0 Å². The number of hydrogen-bond acceptors (Lipinski definition) is 5. The molecule has 0 N–H and O–H groups in total. The molecule has 0 atom stereocenters. The molecule has 0 radical (unpaired) electrons. The van der Waals surface area contributed by atoms with E-state index >= 15 is 0 Å². The largest absolute Gasteiger partial charge is 0.459 e. The Hall–Kier alpha value is -2.02. The van der Waals surface area contributed by atoms with Gasteiger partial charge in [-0.2, -0.15) is 0 Å². The van der Waals surface area contributed by atoms with Crippen LogP contribution in [0.5, 0.6) is 0 Å². The van der Waals surface area contributed by atoms with E-state index < -0.39 is 11.8 Å². The minimum Gasteiger partial charge on any atom is -0.459 e. The molecule has 2 rings (SSSR count). The number of esters is 1. The van der Waals surface area contributed by atoms with E-state index in [0.717, 1.165) is 0 Å². The summed E-state index contributed by atoms with van der Waals surface area (Å²) in [6, 6.07) is 6.27. The standard InChI is InChI=1S/C14H13BrFN3O2/c1-19(14-17-5-2-6-18-14)8-13(20)21-9-10-3-4-11(15)7-12(10)16/h2-7H,8-9H2,1H3. The summed E-state index contributed by atoms with van der Waals surface area (Å²) in [5, 5.41) is 0. The number of hydrogen-bond donors (Lipinski definition) is 0. The van der Waals surface area contributed by atoms with Crippen molar-refractivity contribution in [3.05, 3.63) is 52.5 Å². The number of carbonyl (C=O) groups is 1. The molecule has 0 fully saturated rings. The van der Waals surface area contributed by atoms with Gasteiger partial charge in [0.15, 0.2) is 0 Å². The van der Waals surface area contributed by atoms with E-state index in [-0.39, 0.29) is 13.2 Å². The molecule has 2 aromatic rings. The maximum Gasteiger partial charge on any atom is 0.325 e. The van der Waals surface area contributed by atoms with Gasteiger partial charge < -0.3 is 9.64 Å². The Morgan fingerprint density at radius 3 is 2.76 bits per heavy atom. The van der Waals surface area contributed by atoms with E-state index in [1.54, 1.807) is 42.5 Å². The maximum atomic E-state index is 13.6. The van der Waals surface area contributed by atoms with Crippen molar-refractivity contribution in [2.45, 2.75) is 6.61 Å². The molecular weight excluding hydrogens is 341 g/mol. The summed E-state index contributed by atoms with van der Waals surface area (Å²) in [5.74, 6) is -0.478. The number of likely N-dealkylation sites (N-methyl/N-ethyl adjacent to an activating group) is 1. The van der Waals surface area contributed by atoms with Crippen molar-refractivity contribution in [1.29, 1.82) is 0 Å². The van der Waals surface area contributed by atoms with E-state index in [1.165, 1.54) is 6.07 Å². The molecule has 0 bridgehead atoms. The van der Waals surface area contributed by atoms with Gasteiger partial charge in [0.1, 0.15) is 19.0 Å². The van der Waals surface area contributed by atoms with Gasteiger partial charge in [-0.25, -0.2) is 14.4 Å². The molecule has 1 aromatic carbocycles. The predicted molar refractivity (Wildman–Crippen MR) is 79.2 cm³/mol. The lowest BCUT2D eigenvalue weighted by molar-refractivity contribution is -0.143. The van der Waals surface area contributed by atoms with Crippen molar-refractivity contribution in [3.8, 4) is 0 Å². The Labute approximate surface area is 129 Å². The van der Waals surface area contributed by atoms with E-state index in [9.17, 15) is 9.18 Å². The second-order valence-electron chi connectivity index (χ2n) is 4.30. The van der Waals surface area contributed by atoms with Crippen LogP contribution in [0.3, 0.4) is 0 Å². The van der Waals surface area contributed by atoms with Gasteiger partial charge in [0.2, 0.25) is 5.95 Å². The van der Waals surface area contributed by atoms with Crippen LogP contribution >= 0.6 is 15.9 Å². The quantitative estimate of drug-likeness (QED) is 0.773. The highest BCUT2D eigenvalue weighted by Crippen LogP contribution is 2.16. The Balaban J connectivity index is 1.87. The number of benzene rings is 1. The van der Waals surface area contributed by atoms with Crippen molar-refractivity contribution < 1.29 is 13.9 Å². The summed E-state index contributed by atoms with van der Waals surface area (Å²) >= 11 is 3.17. The average Bonchev–Trinajstić information content (AvgIpc) is 2.47. The lowest BCUT2D eigenvalue weighted by Gasteiger charge is -2.15. The molecule has 0 aliphatic carbocycles. The molecule has 0 aliphatic heterocycles. The number of ether oxygens (including phenoxy) is 1. The molecule has 0 saturated heterocycles. The summed E-state index contributed by atoms with van der Waals surface area (Å²) in [7, 11) is 1.68. The summed E-state index contributed by atoms with van der Waals surface area (Å²) in [6.07, 6.45) is 3.17. The summed E-state index contributed by atoms with van der Waals surface area (Å²) < 4.78 is 19.3. The summed E-state index contributed by atoms with van der Waals surface area (Å²) in [6.45, 7) is -0.121.